The zero-order valence-electron chi connectivity index (χ0n) is 15.5. The fourth-order valence-corrected chi connectivity index (χ4v) is 2.53. The summed E-state index contributed by atoms with van der Waals surface area (Å²) >= 11 is 0. The summed E-state index contributed by atoms with van der Waals surface area (Å²) in [6, 6.07) is 17.2. The lowest BCUT2D eigenvalue weighted by atomic mass is 10.1. The van der Waals surface area contributed by atoms with Crippen molar-refractivity contribution in [3.05, 3.63) is 81.5 Å². The first-order valence-corrected chi connectivity index (χ1v) is 8.72. The van der Waals surface area contributed by atoms with Gasteiger partial charge in [-0.05, 0) is 23.6 Å². The van der Waals surface area contributed by atoms with Crippen molar-refractivity contribution in [1.29, 1.82) is 5.26 Å². The van der Waals surface area contributed by atoms with Crippen LogP contribution < -0.4 is 4.74 Å². The number of nitro benzene ring substituents is 1. The van der Waals surface area contributed by atoms with E-state index in [0.717, 1.165) is 11.3 Å². The van der Waals surface area contributed by atoms with E-state index in [-0.39, 0.29) is 18.2 Å². The zero-order valence-corrected chi connectivity index (χ0v) is 15.5. The minimum absolute atomic E-state index is 0.0175. The Morgan fingerprint density at radius 1 is 1.14 bits per heavy atom. The molecule has 0 saturated heterocycles. The van der Waals surface area contributed by atoms with Crippen LogP contribution in [-0.2, 0) is 6.61 Å². The highest BCUT2D eigenvalue weighted by atomic mass is 16.6. The lowest BCUT2D eigenvalue weighted by Crippen LogP contribution is -2.03. The second kappa shape index (κ2) is 8.27. The highest BCUT2D eigenvalue weighted by molar-refractivity contribution is 5.59. The smallest absolute Gasteiger partial charge is 0.270 e. The maximum absolute atomic E-state index is 11.1. The van der Waals surface area contributed by atoms with Crippen molar-refractivity contribution in [2.45, 2.75) is 26.4 Å². The predicted octanol–water partition coefficient (Wildman–Crippen LogP) is 4.63. The van der Waals surface area contributed by atoms with Crippen LogP contribution in [0.15, 0.2) is 54.6 Å². The molecule has 7 nitrogen and oxygen atoms in total. The first-order chi connectivity index (χ1) is 13.5. The molecular weight excluding hydrogens is 356 g/mol. The molecule has 1 aromatic heterocycles. The van der Waals surface area contributed by atoms with Crippen LogP contribution in [0.25, 0.3) is 11.4 Å². The maximum Gasteiger partial charge on any atom is 0.270 e. The highest BCUT2D eigenvalue weighted by Gasteiger charge is 2.13. The molecule has 1 heterocycles. The molecule has 140 valence electrons. The van der Waals surface area contributed by atoms with E-state index in [4.69, 9.17) is 10.00 Å². The van der Waals surface area contributed by atoms with Crippen molar-refractivity contribution in [3.63, 3.8) is 0 Å². The molecule has 0 aliphatic heterocycles. The number of rotatable bonds is 6. The summed E-state index contributed by atoms with van der Waals surface area (Å²) in [5.41, 5.74) is 2.81. The molecule has 0 amide bonds. The van der Waals surface area contributed by atoms with Crippen LogP contribution in [-0.4, -0.2) is 14.9 Å². The molecular formula is C21H18N4O3. The van der Waals surface area contributed by atoms with Crippen molar-refractivity contribution < 1.29 is 9.66 Å². The number of hydrogen-bond acceptors (Lipinski definition) is 6. The molecule has 0 spiro atoms. The lowest BCUT2D eigenvalue weighted by molar-refractivity contribution is -0.384. The Balaban J connectivity index is 1.90. The average Bonchev–Trinajstić information content (AvgIpc) is 2.72. The summed E-state index contributed by atoms with van der Waals surface area (Å²) in [5.74, 6) is 0.909. The molecule has 0 aliphatic rings. The number of non-ortho nitro benzene ring substituents is 1. The third kappa shape index (κ3) is 4.48. The molecule has 0 bridgehead atoms. The molecule has 0 N–H and O–H groups in total. The van der Waals surface area contributed by atoms with Gasteiger partial charge in [0.15, 0.2) is 5.82 Å². The van der Waals surface area contributed by atoms with E-state index in [2.05, 4.69) is 16.0 Å². The Hall–Kier alpha value is -3.79. The van der Waals surface area contributed by atoms with E-state index < -0.39 is 4.92 Å². The summed E-state index contributed by atoms with van der Waals surface area (Å²) in [4.78, 5) is 19.6. The molecule has 0 atom stereocenters. The second-order valence-corrected chi connectivity index (χ2v) is 6.51. The van der Waals surface area contributed by atoms with Crippen molar-refractivity contribution >= 4 is 5.69 Å². The van der Waals surface area contributed by atoms with Crippen LogP contribution in [0.3, 0.4) is 0 Å². The van der Waals surface area contributed by atoms with Crippen LogP contribution >= 0.6 is 0 Å². The standard InChI is InChI=1S/C21H18N4O3/c1-14(2)19-11-20(28-13-16-8-6-15(12-22)7-9-16)24-21(23-19)17-4-3-5-18(10-17)25(26)27/h3-11,14H,13H2,1-2H3. The van der Waals surface area contributed by atoms with Gasteiger partial charge in [0.05, 0.1) is 22.2 Å². The fraction of sp³-hybridized carbons (Fsp3) is 0.190. The number of aromatic nitrogens is 2. The van der Waals surface area contributed by atoms with E-state index in [1.165, 1.54) is 12.1 Å². The van der Waals surface area contributed by atoms with Gasteiger partial charge in [-0.2, -0.15) is 10.2 Å². The van der Waals surface area contributed by atoms with Gasteiger partial charge in [-0.3, -0.25) is 10.1 Å². The molecule has 0 saturated carbocycles. The predicted molar refractivity (Wildman–Crippen MR) is 104 cm³/mol. The molecule has 2 aromatic carbocycles. The van der Waals surface area contributed by atoms with Gasteiger partial charge in [-0.25, -0.2) is 4.98 Å². The van der Waals surface area contributed by atoms with Gasteiger partial charge < -0.3 is 4.74 Å². The van der Waals surface area contributed by atoms with Crippen LogP contribution in [0.1, 0.15) is 36.6 Å². The number of nitrogens with zero attached hydrogens (tertiary/aromatic N) is 4. The first kappa shape index (κ1) is 19.0. The number of nitro groups is 1. The van der Waals surface area contributed by atoms with Crippen molar-refractivity contribution in [3.8, 4) is 23.3 Å². The van der Waals surface area contributed by atoms with Crippen molar-refractivity contribution in [1.82, 2.24) is 9.97 Å². The van der Waals surface area contributed by atoms with Gasteiger partial charge in [0, 0.05) is 23.8 Å². The van der Waals surface area contributed by atoms with Gasteiger partial charge >= 0.3 is 0 Å². The molecule has 0 aliphatic carbocycles. The molecule has 3 aromatic rings. The second-order valence-electron chi connectivity index (χ2n) is 6.51. The van der Waals surface area contributed by atoms with Gasteiger partial charge in [0.2, 0.25) is 5.88 Å². The molecule has 0 unspecified atom stereocenters. The Bertz CT molecular complexity index is 1040. The number of benzene rings is 2. The summed E-state index contributed by atoms with van der Waals surface area (Å²) < 4.78 is 5.83. The van der Waals surface area contributed by atoms with Gasteiger partial charge in [-0.15, -0.1) is 0 Å². The van der Waals surface area contributed by atoms with E-state index >= 15 is 0 Å². The Morgan fingerprint density at radius 3 is 2.54 bits per heavy atom. The normalized spacial score (nSPS) is 10.5. The number of hydrogen-bond donors (Lipinski definition) is 0. The average molecular weight is 374 g/mol. The lowest BCUT2D eigenvalue weighted by Gasteiger charge is -2.11. The molecule has 3 rings (SSSR count). The molecule has 7 heteroatoms. The van der Waals surface area contributed by atoms with Crippen LogP contribution in [0.5, 0.6) is 5.88 Å². The monoisotopic (exact) mass is 374 g/mol. The summed E-state index contributed by atoms with van der Waals surface area (Å²) in [6.45, 7) is 4.29. The molecule has 28 heavy (non-hydrogen) atoms. The molecule has 0 fully saturated rings. The minimum atomic E-state index is -0.446. The van der Waals surface area contributed by atoms with E-state index in [9.17, 15) is 10.1 Å². The first-order valence-electron chi connectivity index (χ1n) is 8.72. The zero-order chi connectivity index (χ0) is 20.1. The van der Waals surface area contributed by atoms with Crippen LogP contribution in [0.4, 0.5) is 5.69 Å². The van der Waals surface area contributed by atoms with Crippen molar-refractivity contribution in [2.75, 3.05) is 0 Å². The third-order valence-corrected chi connectivity index (χ3v) is 4.10. The number of ether oxygens (including phenoxy) is 1. The minimum Gasteiger partial charge on any atom is -0.473 e. The van der Waals surface area contributed by atoms with E-state index in [1.807, 2.05) is 26.0 Å². The maximum atomic E-state index is 11.1. The largest absolute Gasteiger partial charge is 0.473 e. The quantitative estimate of drug-likeness (QED) is 0.460. The summed E-state index contributed by atoms with van der Waals surface area (Å²) in [5, 5.41) is 19.9. The molecule has 0 radical (unpaired) electrons. The van der Waals surface area contributed by atoms with Crippen LogP contribution in [0, 0.1) is 21.4 Å². The SMILES string of the molecule is CC(C)c1cc(OCc2ccc(C#N)cc2)nc(-c2cccc([N+](=O)[O-])c2)n1. The summed E-state index contributed by atoms with van der Waals surface area (Å²) in [7, 11) is 0. The van der Waals surface area contributed by atoms with Gasteiger partial charge in [0.1, 0.15) is 6.61 Å². The van der Waals surface area contributed by atoms with Gasteiger partial charge in [-0.1, -0.05) is 38.1 Å². The Kier molecular flexibility index (Phi) is 5.61. The van der Waals surface area contributed by atoms with E-state index in [0.29, 0.717) is 22.8 Å². The topological polar surface area (TPSA) is 102 Å². The Labute approximate surface area is 162 Å². The highest BCUT2D eigenvalue weighted by Crippen LogP contribution is 2.26. The van der Waals surface area contributed by atoms with Crippen molar-refractivity contribution in [2.24, 2.45) is 0 Å². The van der Waals surface area contributed by atoms with Gasteiger partial charge in [0.25, 0.3) is 5.69 Å². The number of nitriles is 1. The summed E-state index contributed by atoms with van der Waals surface area (Å²) in [6.07, 6.45) is 0. The fourth-order valence-electron chi connectivity index (χ4n) is 2.53. The Morgan fingerprint density at radius 2 is 1.89 bits per heavy atom. The third-order valence-electron chi connectivity index (χ3n) is 4.10. The van der Waals surface area contributed by atoms with E-state index in [1.54, 1.807) is 30.3 Å². The van der Waals surface area contributed by atoms with Crippen LogP contribution in [0.2, 0.25) is 0 Å².